The van der Waals surface area contributed by atoms with Crippen LogP contribution in [0.3, 0.4) is 0 Å². The quantitative estimate of drug-likeness (QED) is 0.598. The number of aromatic nitrogens is 2. The second-order valence-electron chi connectivity index (χ2n) is 4.29. The number of ether oxygens (including phenoxy) is 2. The largest absolute Gasteiger partial charge is 0.391 e. The second-order valence-corrected chi connectivity index (χ2v) is 4.29. The van der Waals surface area contributed by atoms with Crippen LogP contribution in [0.2, 0.25) is 0 Å². The summed E-state index contributed by atoms with van der Waals surface area (Å²) >= 11 is 0. The van der Waals surface area contributed by atoms with Crippen LogP contribution in [-0.2, 0) is 9.47 Å². The summed E-state index contributed by atoms with van der Waals surface area (Å²) in [5.74, 6) is 0. The van der Waals surface area contributed by atoms with E-state index in [-0.39, 0.29) is 0 Å². The molecule has 1 unspecified atom stereocenters. The second kappa shape index (κ2) is 5.25. The van der Waals surface area contributed by atoms with Gasteiger partial charge in [-0.2, -0.15) is 0 Å². The molecule has 3 N–H and O–H groups in total. The Balaban J connectivity index is 2.46. The molecule has 1 fully saturated rings. The molecule has 1 aliphatic rings. The van der Waals surface area contributed by atoms with Gasteiger partial charge in [0.25, 0.3) is 5.56 Å². The highest BCUT2D eigenvalue weighted by molar-refractivity contribution is 4.95. The number of methoxy groups -OCH3 is 1. The lowest BCUT2D eigenvalue weighted by molar-refractivity contribution is -0.0826. The number of aromatic amines is 1. The van der Waals surface area contributed by atoms with Gasteiger partial charge in [0.15, 0.2) is 6.23 Å². The molecule has 1 aromatic heterocycles. The normalized spacial score (nSPS) is 37.1. The average Bonchev–Trinajstić information content (AvgIpc) is 2.60. The first-order chi connectivity index (χ1) is 9.28. The van der Waals surface area contributed by atoms with Gasteiger partial charge < -0.3 is 19.7 Å². The maximum atomic E-state index is 11.7. The first-order valence-corrected chi connectivity index (χ1v) is 5.69. The minimum Gasteiger partial charge on any atom is -0.391 e. The van der Waals surface area contributed by atoms with Crippen LogP contribution in [0.1, 0.15) is 14.5 Å². The van der Waals surface area contributed by atoms with Crippen molar-refractivity contribution in [3.8, 4) is 0 Å². The van der Waals surface area contributed by atoms with Crippen molar-refractivity contribution in [3.05, 3.63) is 33.1 Å². The molecule has 2 heterocycles. The van der Waals surface area contributed by atoms with E-state index in [9.17, 15) is 19.8 Å². The van der Waals surface area contributed by atoms with E-state index < -0.39 is 41.9 Å². The summed E-state index contributed by atoms with van der Waals surface area (Å²) < 4.78 is 19.3. The van der Waals surface area contributed by atoms with Crippen molar-refractivity contribution in [1.82, 2.24) is 9.55 Å². The van der Waals surface area contributed by atoms with E-state index in [0.29, 0.717) is 0 Å². The minimum atomic E-state index is -2.23. The van der Waals surface area contributed by atoms with Gasteiger partial charge in [0.2, 0.25) is 0 Å². The Labute approximate surface area is 109 Å². The van der Waals surface area contributed by atoms with Crippen LogP contribution in [-0.4, -0.2) is 51.3 Å². The van der Waals surface area contributed by atoms with Crippen LogP contribution in [0.5, 0.6) is 0 Å². The predicted molar refractivity (Wildman–Crippen MR) is 63.7 cm³/mol. The summed E-state index contributed by atoms with van der Waals surface area (Å²) in [5.41, 5.74) is -1.34. The Bertz CT molecular complexity index is 595. The van der Waals surface area contributed by atoms with Gasteiger partial charge in [-0.3, -0.25) is 14.3 Å². The average molecular weight is 273 g/mol. The number of nitrogens with zero attached hydrogens (tertiary/aromatic N) is 1. The van der Waals surface area contributed by atoms with Crippen LogP contribution < -0.4 is 11.2 Å². The van der Waals surface area contributed by atoms with E-state index in [0.717, 1.165) is 10.6 Å². The molecule has 19 heavy (non-hydrogen) atoms. The third-order valence-corrected chi connectivity index (χ3v) is 2.95. The molecule has 0 aromatic carbocycles. The van der Waals surface area contributed by atoms with Gasteiger partial charge >= 0.3 is 5.69 Å². The Morgan fingerprint density at radius 2 is 2.32 bits per heavy atom. The van der Waals surface area contributed by atoms with Gasteiger partial charge in [-0.1, -0.05) is 0 Å². The van der Waals surface area contributed by atoms with Crippen molar-refractivity contribution in [2.24, 2.45) is 0 Å². The van der Waals surface area contributed by atoms with Crippen molar-refractivity contribution < 1.29 is 21.1 Å². The summed E-state index contributed by atoms with van der Waals surface area (Å²) in [4.78, 5) is 24.8. The molecule has 8 nitrogen and oxygen atoms in total. The van der Waals surface area contributed by atoms with Crippen molar-refractivity contribution in [1.29, 1.82) is 0 Å². The number of H-pyrrole nitrogens is 1. The van der Waals surface area contributed by atoms with Crippen molar-refractivity contribution in [2.45, 2.75) is 37.5 Å². The number of hydrogen-bond donors (Lipinski definition) is 3. The maximum Gasteiger partial charge on any atom is 0.330 e. The molecule has 0 radical (unpaired) electrons. The van der Waals surface area contributed by atoms with Crippen LogP contribution in [0.15, 0.2) is 21.9 Å². The highest BCUT2D eigenvalue weighted by Gasteiger charge is 2.47. The minimum absolute atomic E-state index is 0.577. The molecular weight excluding hydrogens is 256 g/mol. The maximum absolute atomic E-state index is 11.7. The van der Waals surface area contributed by atoms with Crippen molar-refractivity contribution in [2.75, 3.05) is 7.11 Å². The van der Waals surface area contributed by atoms with Crippen LogP contribution in [0, 0.1) is 0 Å². The molecule has 1 saturated heterocycles. The van der Waals surface area contributed by atoms with Crippen LogP contribution in [0.4, 0.5) is 0 Å². The Morgan fingerprint density at radius 3 is 2.84 bits per heavy atom. The lowest BCUT2D eigenvalue weighted by Gasteiger charge is -2.19. The van der Waals surface area contributed by atoms with Gasteiger partial charge in [-0.25, -0.2) is 4.79 Å². The zero-order valence-electron chi connectivity index (χ0n) is 11.4. The summed E-state index contributed by atoms with van der Waals surface area (Å²) in [7, 11) is 1.25. The monoisotopic (exact) mass is 273 g/mol. The highest BCUT2D eigenvalue weighted by Crippen LogP contribution is 2.31. The molecular formula is C11H16N2O6. The number of rotatable bonds is 3. The molecule has 5 atom stereocenters. The van der Waals surface area contributed by atoms with Gasteiger partial charge in [0.05, 0.1) is 7.47 Å². The molecule has 0 bridgehead atoms. The number of aliphatic hydroxyl groups excluding tert-OH is 1. The van der Waals surface area contributed by atoms with Gasteiger partial charge in [-0.05, 0) is 6.92 Å². The zero-order valence-corrected chi connectivity index (χ0v) is 10.4. The molecule has 2 rings (SSSR count). The smallest absolute Gasteiger partial charge is 0.330 e. The molecule has 1 aliphatic heterocycles. The Kier molecular flexibility index (Phi) is 3.47. The van der Waals surface area contributed by atoms with Gasteiger partial charge in [-0.15, -0.1) is 0 Å². The van der Waals surface area contributed by atoms with Gasteiger partial charge in [0.1, 0.15) is 18.3 Å². The molecule has 1 aromatic rings. The van der Waals surface area contributed by atoms with E-state index in [4.69, 9.17) is 10.8 Å². The van der Waals surface area contributed by atoms with E-state index in [2.05, 4.69) is 0 Å². The zero-order chi connectivity index (χ0) is 15.1. The summed E-state index contributed by atoms with van der Waals surface area (Å²) in [6.07, 6.45) is -5.78. The first kappa shape index (κ1) is 12.5. The number of nitrogens with one attached hydrogen (secondary N) is 1. The van der Waals surface area contributed by atoms with E-state index >= 15 is 0 Å². The third-order valence-electron chi connectivity index (χ3n) is 2.95. The lowest BCUT2D eigenvalue weighted by atomic mass is 10.1. The predicted octanol–water partition coefficient (Wildman–Crippen LogP) is -1.81. The molecule has 0 spiro atoms. The lowest BCUT2D eigenvalue weighted by Crippen LogP contribution is -2.39. The first-order valence-electron chi connectivity index (χ1n) is 6.19. The fraction of sp³-hybridized carbons (Fsp3) is 0.636. The molecule has 0 aliphatic carbocycles. The molecule has 106 valence electrons. The highest BCUT2D eigenvalue weighted by atomic mass is 16.6. The van der Waals surface area contributed by atoms with Crippen LogP contribution in [0.25, 0.3) is 0 Å². The summed E-state index contributed by atoms with van der Waals surface area (Å²) in [5, 5.41) is 19.7. The van der Waals surface area contributed by atoms with Crippen molar-refractivity contribution in [3.63, 3.8) is 0 Å². The Hall–Kier alpha value is -1.48. The molecule has 8 heteroatoms. The fourth-order valence-electron chi connectivity index (χ4n) is 2.04. The topological polar surface area (TPSA) is 114 Å². The summed E-state index contributed by atoms with van der Waals surface area (Å²) in [6.45, 7) is 1.36. The standard InChI is InChI=1S/C11H16N2O6/c1-5(14)8-7(16)9(18-2)10(19-8)13-4-3-6(15)12-11(13)17/h3-5,7-10,14,16H,1-2H3,(H,12,15,17)/t5?,7-,8-,9-,10-/m1/s1/i7D. The summed E-state index contributed by atoms with van der Waals surface area (Å²) in [6, 6.07) is 1.11. The SMILES string of the molecule is [2H][C@@]1(O)[C@@H](C(C)O)O[C@@H](n2ccc(=O)[nH]c2=O)[C@@H]1OC. The van der Waals surface area contributed by atoms with E-state index in [1.807, 2.05) is 4.98 Å². The Morgan fingerprint density at radius 1 is 1.63 bits per heavy atom. The third kappa shape index (κ3) is 2.47. The fourth-order valence-corrected chi connectivity index (χ4v) is 2.04. The number of hydrogen-bond acceptors (Lipinski definition) is 6. The molecule has 0 saturated carbocycles. The van der Waals surface area contributed by atoms with Crippen molar-refractivity contribution >= 4 is 0 Å². The number of aliphatic hydroxyl groups is 2. The van der Waals surface area contributed by atoms with Gasteiger partial charge in [0, 0.05) is 19.4 Å². The van der Waals surface area contributed by atoms with E-state index in [1.165, 1.54) is 20.2 Å². The molecule has 0 amide bonds. The van der Waals surface area contributed by atoms with Crippen LogP contribution >= 0.6 is 0 Å². The van der Waals surface area contributed by atoms with E-state index in [1.54, 1.807) is 0 Å².